The van der Waals surface area contributed by atoms with E-state index < -0.39 is 236 Å². The fourth-order valence-electron chi connectivity index (χ4n) is 14.5. The van der Waals surface area contributed by atoms with Crippen LogP contribution in [0.3, 0.4) is 0 Å². The van der Waals surface area contributed by atoms with E-state index in [0.717, 1.165) is 36.3 Å². The van der Waals surface area contributed by atoms with Gasteiger partial charge in [-0.25, -0.2) is 0 Å². The topological polar surface area (TPSA) is 579 Å². The van der Waals surface area contributed by atoms with Crippen LogP contribution in [-0.2, 0) is 114 Å². The molecule has 5 aromatic carbocycles. The maximum atomic E-state index is 15.5. The number of aromatic nitrogens is 1. The average molecular weight is 1810 g/mol. The predicted octanol–water partition coefficient (Wildman–Crippen LogP) is -0.540. The minimum absolute atomic E-state index is 0.00898. The number of phenolic OH excluding ortho intramolecular Hbond substituents is 1. The van der Waals surface area contributed by atoms with E-state index in [2.05, 4.69) is 58.2 Å². The van der Waals surface area contributed by atoms with Crippen molar-refractivity contribution in [1.29, 1.82) is 5.41 Å². The second-order valence-corrected chi connectivity index (χ2v) is 33.0. The number of thioether (sulfide) groups is 1. The molecule has 1 saturated heterocycles. The number of hydrogen-bond donors (Lipinski definition) is 17. The Balaban J connectivity index is 1.34. The summed E-state index contributed by atoms with van der Waals surface area (Å²) in [6.45, 7) is 2.49. The Morgan fingerprint density at radius 2 is 0.977 bits per heavy atom. The molecule has 694 valence electrons. The van der Waals surface area contributed by atoms with E-state index in [-0.39, 0.29) is 57.2 Å². The maximum Gasteiger partial charge on any atom is 0.305 e. The Hall–Kier alpha value is -14.0. The number of guanidine groups is 1. The highest BCUT2D eigenvalue weighted by Gasteiger charge is 2.42. The summed E-state index contributed by atoms with van der Waals surface area (Å²) in [5, 5.41) is 64.8. The molecule has 11 atom stereocenters. The Bertz CT molecular complexity index is 4930. The first-order valence-electron chi connectivity index (χ1n) is 42.1. The summed E-state index contributed by atoms with van der Waals surface area (Å²) in [6.07, 6.45) is -1.53. The molecule has 0 saturated carbocycles. The number of amides is 15. The van der Waals surface area contributed by atoms with Gasteiger partial charge in [0.15, 0.2) is 5.96 Å². The summed E-state index contributed by atoms with van der Waals surface area (Å²) in [7, 11) is 6.40. The number of aromatic hydroxyl groups is 1. The lowest BCUT2D eigenvalue weighted by Gasteiger charge is -2.37. The SMILES string of the molecule is CCCC[C@H]1C(=O)N(C)CC(=O)N[C@@H](CC(=O)O)C(=O)N[C@@H](C(C)C)C(=O)N(C)[C@@H](Cc2ccccc2)C(=O)N[C@@H](CCCNC(=N)N)C(=O)N(C)CC(=O)N[C@@H](Cc2c[nH]c3ccccc23)C(=O)N[C@@H](Cc2ccc(O)cc2)C(=O)N[C@@H](CCC(=O)O)C(=O)N[C@H](C(=O)NCC(N)=O)CSCC(=O)N[C@@H](Cc2ccccc2)C(=O)N(C)[C@@H](Cc2ccccc2)C(=O)N1C. The third kappa shape index (κ3) is 32.1. The molecule has 39 nitrogen and oxygen atoms in total. The van der Waals surface area contributed by atoms with Crippen LogP contribution in [0.25, 0.3) is 10.9 Å². The number of phenols is 1. The Kier molecular flexibility index (Phi) is 39.9. The number of carbonyl (C=O) groups excluding carboxylic acids is 15. The summed E-state index contributed by atoms with van der Waals surface area (Å²) in [5.41, 5.74) is 14.0. The number of para-hydroxylation sites is 1. The molecule has 2 heterocycles. The van der Waals surface area contributed by atoms with Crippen molar-refractivity contribution in [3.8, 4) is 5.75 Å². The van der Waals surface area contributed by atoms with E-state index in [1.165, 1.54) is 59.5 Å². The van der Waals surface area contributed by atoms with E-state index in [0.29, 0.717) is 51.6 Å². The number of primary amides is 1. The van der Waals surface area contributed by atoms with Gasteiger partial charge in [-0.2, -0.15) is 0 Å². The molecule has 6 aromatic rings. The lowest BCUT2D eigenvalue weighted by molar-refractivity contribution is -0.151. The van der Waals surface area contributed by atoms with Crippen LogP contribution in [-0.4, -0.2) is 291 Å². The third-order valence-corrected chi connectivity index (χ3v) is 22.6. The molecule has 40 heteroatoms. The lowest BCUT2D eigenvalue weighted by Crippen LogP contribution is -2.61. The predicted molar refractivity (Wildman–Crippen MR) is 477 cm³/mol. The number of carboxylic acids is 2. The number of benzene rings is 5. The van der Waals surface area contributed by atoms with Crippen molar-refractivity contribution in [2.45, 2.75) is 171 Å². The molecular formula is C89H117N19O20S. The minimum Gasteiger partial charge on any atom is -0.508 e. The number of unbranched alkanes of at least 4 members (excludes halogenated alkanes) is 1. The molecule has 0 spiro atoms. The molecule has 0 bridgehead atoms. The van der Waals surface area contributed by atoms with Crippen LogP contribution in [0.2, 0.25) is 0 Å². The first-order valence-corrected chi connectivity index (χ1v) is 43.3. The number of hydrogen-bond acceptors (Lipinski definition) is 20. The van der Waals surface area contributed by atoms with Crippen LogP contribution < -0.4 is 64.6 Å². The molecule has 0 unspecified atom stereocenters. The molecule has 1 aliphatic heterocycles. The fraction of sp³-hybridized carbons (Fsp3) is 0.438. The molecule has 0 aliphatic carbocycles. The van der Waals surface area contributed by atoms with Crippen LogP contribution in [0.4, 0.5) is 0 Å². The molecular weight excluding hydrogens is 1690 g/mol. The zero-order chi connectivity index (χ0) is 94.7. The molecule has 1 fully saturated rings. The normalized spacial score (nSPS) is 21.8. The van der Waals surface area contributed by atoms with E-state index in [4.69, 9.17) is 16.9 Å². The number of H-pyrrole nitrogens is 1. The van der Waals surface area contributed by atoms with Gasteiger partial charge in [0.05, 0.1) is 31.8 Å². The minimum atomic E-state index is -1.92. The smallest absolute Gasteiger partial charge is 0.305 e. The monoisotopic (exact) mass is 1800 g/mol. The van der Waals surface area contributed by atoms with Crippen molar-refractivity contribution >= 4 is 129 Å². The van der Waals surface area contributed by atoms with Gasteiger partial charge < -0.3 is 109 Å². The fourth-order valence-corrected chi connectivity index (χ4v) is 15.4. The molecule has 15 amide bonds. The number of aliphatic carboxylic acids is 2. The highest BCUT2D eigenvalue weighted by atomic mass is 32.2. The standard InChI is InChI=1S/C89H117N19O20S/c1-9-10-32-68-86(126)105(5)49-73(112)97-65(45-76(116)117)82(122)103-77(52(2)3)88(128)107(7)69(42-54-25-16-12-17-26-54)83(123)100-62(31-22-39-93-89(91)92)84(124)104(4)48-72(111)96-64(44-57-46-94-60-30-21-20-29-59(57)60)81(121)101-63(40-56-33-35-58(109)36-34-56)80(120)99-61(37-38-75(114)115)79(119)102-67(78(118)95-47-71(90)110)50-129-51-74(113)98-66(41-53-23-14-11-15-24-53)85(125)108(8)70(87(127)106(68)6)43-55-27-18-13-19-28-55/h11-21,23-30,33-36,46,52,61-70,77,94,109H,9-10,22,31-32,37-45,47-51H2,1-8H3,(H2,90,110)(H,95,118)(H,96,111)(H,97,112)(H,98,113)(H,99,120)(H,100,123)(H,101,121)(H,102,119)(H,103,122)(H,114,115)(H,116,117)(H4,91,92,93)/t61-,62-,63-,64-,65-,66-,67-,68-,69-,70-,77-/m0/s1. The molecule has 19 N–H and O–H groups in total. The number of nitrogens with two attached hydrogens (primary N) is 2. The van der Waals surface area contributed by atoms with Crippen LogP contribution >= 0.6 is 11.8 Å². The lowest BCUT2D eigenvalue weighted by atomic mass is 9.98. The summed E-state index contributed by atoms with van der Waals surface area (Å²) >= 11 is 0.738. The highest BCUT2D eigenvalue weighted by molar-refractivity contribution is 8.00. The van der Waals surface area contributed by atoms with Crippen LogP contribution in [0, 0.1) is 11.3 Å². The van der Waals surface area contributed by atoms with Crippen LogP contribution in [0.5, 0.6) is 5.75 Å². The molecule has 7 rings (SSSR count). The highest BCUT2D eigenvalue weighted by Crippen LogP contribution is 2.24. The zero-order valence-corrected chi connectivity index (χ0v) is 74.1. The molecule has 1 aromatic heterocycles. The van der Waals surface area contributed by atoms with Gasteiger partial charge in [-0.15, -0.1) is 11.8 Å². The zero-order valence-electron chi connectivity index (χ0n) is 73.3. The second-order valence-electron chi connectivity index (χ2n) is 32.0. The van der Waals surface area contributed by atoms with E-state index in [1.807, 2.05) is 6.92 Å². The molecule has 1 aliphatic rings. The average Bonchev–Trinajstić information content (AvgIpc) is 1.75. The van der Waals surface area contributed by atoms with Crippen molar-refractivity contribution in [3.63, 3.8) is 0 Å². The van der Waals surface area contributed by atoms with E-state index in [9.17, 15) is 63.3 Å². The van der Waals surface area contributed by atoms with E-state index >= 15 is 33.6 Å². The van der Waals surface area contributed by atoms with Gasteiger partial charge in [0.1, 0.15) is 72.2 Å². The van der Waals surface area contributed by atoms with Crippen molar-refractivity contribution < 1.29 is 96.8 Å². The summed E-state index contributed by atoms with van der Waals surface area (Å²) < 4.78 is 0. The molecule has 129 heavy (non-hydrogen) atoms. The van der Waals surface area contributed by atoms with Gasteiger partial charge in [-0.1, -0.05) is 155 Å². The van der Waals surface area contributed by atoms with Gasteiger partial charge >= 0.3 is 11.9 Å². The number of carbonyl (C=O) groups is 17. The van der Waals surface area contributed by atoms with Gasteiger partial charge in [0, 0.05) is 103 Å². The van der Waals surface area contributed by atoms with Gasteiger partial charge in [-0.05, 0) is 77.6 Å². The van der Waals surface area contributed by atoms with E-state index in [1.54, 1.807) is 135 Å². The van der Waals surface area contributed by atoms with Gasteiger partial charge in [0.2, 0.25) is 88.6 Å². The first-order chi connectivity index (χ1) is 61.3. The van der Waals surface area contributed by atoms with Gasteiger partial charge in [-0.3, -0.25) is 86.9 Å². The Morgan fingerprint density at radius 1 is 0.481 bits per heavy atom. The second kappa shape index (κ2) is 50.4. The number of rotatable bonds is 26. The number of aromatic amines is 1. The summed E-state index contributed by atoms with van der Waals surface area (Å²) in [4.78, 5) is 254. The van der Waals surface area contributed by atoms with Crippen LogP contribution in [0.15, 0.2) is 146 Å². The van der Waals surface area contributed by atoms with Crippen molar-refractivity contribution in [2.24, 2.45) is 17.4 Å². The van der Waals surface area contributed by atoms with Crippen molar-refractivity contribution in [2.75, 3.05) is 72.9 Å². The summed E-state index contributed by atoms with van der Waals surface area (Å²) in [5.74, 6) is -20.1. The Morgan fingerprint density at radius 3 is 1.55 bits per heavy atom. The van der Waals surface area contributed by atoms with Crippen molar-refractivity contribution in [1.82, 2.24) is 82.7 Å². The Labute approximate surface area is 750 Å². The van der Waals surface area contributed by atoms with Gasteiger partial charge in [0.25, 0.3) is 0 Å². The summed E-state index contributed by atoms with van der Waals surface area (Å²) in [6, 6.07) is 20.0. The van der Waals surface area contributed by atoms with Crippen LogP contribution in [0.1, 0.15) is 100.0 Å². The largest absolute Gasteiger partial charge is 0.508 e. The third-order valence-electron chi connectivity index (χ3n) is 21.6. The molecule has 0 radical (unpaired) electrons. The van der Waals surface area contributed by atoms with Crippen molar-refractivity contribution in [3.05, 3.63) is 174 Å². The maximum absolute atomic E-state index is 15.5. The number of fused-ring (bicyclic) bond motifs is 1. The number of nitrogens with one attached hydrogen (secondary N) is 12. The number of likely N-dealkylation sites (N-methyl/N-ethyl adjacent to an activating group) is 5. The number of carboxylic acid groups (broad SMARTS) is 2. The first kappa shape index (κ1) is 102. The number of nitrogens with zero attached hydrogens (tertiary/aromatic N) is 5. The quantitative estimate of drug-likeness (QED) is 0.0184.